The number of carbonyl (C=O) groups excluding carboxylic acids is 1. The van der Waals surface area contributed by atoms with Crippen molar-refractivity contribution >= 4 is 5.91 Å². The summed E-state index contributed by atoms with van der Waals surface area (Å²) in [5.74, 6) is 0.868. The van der Waals surface area contributed by atoms with Crippen molar-refractivity contribution in [2.45, 2.75) is 71.9 Å². The lowest BCUT2D eigenvalue weighted by molar-refractivity contribution is -0.137. The van der Waals surface area contributed by atoms with Crippen LogP contribution in [-0.4, -0.2) is 36.1 Å². The van der Waals surface area contributed by atoms with E-state index >= 15 is 0 Å². The van der Waals surface area contributed by atoms with Gasteiger partial charge in [-0.1, -0.05) is 13.8 Å². The van der Waals surface area contributed by atoms with Gasteiger partial charge in [-0.3, -0.25) is 4.79 Å². The van der Waals surface area contributed by atoms with E-state index in [1.54, 1.807) is 0 Å². The number of amides is 1. The smallest absolute Gasteiger partial charge is 0.223 e. The molecule has 106 valence electrons. The molecule has 1 rings (SSSR count). The van der Waals surface area contributed by atoms with Gasteiger partial charge in [-0.05, 0) is 45.4 Å². The van der Waals surface area contributed by atoms with Crippen molar-refractivity contribution in [3.8, 4) is 0 Å². The summed E-state index contributed by atoms with van der Waals surface area (Å²) in [6.45, 7) is 10.3. The summed E-state index contributed by atoms with van der Waals surface area (Å²) in [4.78, 5) is 14.6. The highest BCUT2D eigenvalue weighted by Crippen LogP contribution is 2.22. The van der Waals surface area contributed by atoms with Crippen molar-refractivity contribution in [3.63, 3.8) is 0 Å². The van der Waals surface area contributed by atoms with E-state index in [2.05, 4.69) is 32.6 Å². The van der Waals surface area contributed by atoms with Crippen molar-refractivity contribution in [1.29, 1.82) is 0 Å². The van der Waals surface area contributed by atoms with Crippen LogP contribution < -0.4 is 0 Å². The molecule has 2 atom stereocenters. The third kappa shape index (κ3) is 4.27. The maximum Gasteiger partial charge on any atom is 0.223 e. The predicted molar refractivity (Wildman–Crippen MR) is 74.5 cm³/mol. The molecule has 0 aromatic carbocycles. The van der Waals surface area contributed by atoms with Gasteiger partial charge in [0.15, 0.2) is 0 Å². The van der Waals surface area contributed by atoms with E-state index in [9.17, 15) is 4.79 Å². The molecule has 0 spiro atoms. The Morgan fingerprint density at radius 3 is 2.11 bits per heavy atom. The van der Waals surface area contributed by atoms with Crippen LogP contribution >= 0.6 is 0 Å². The zero-order valence-electron chi connectivity index (χ0n) is 12.4. The molecule has 0 aliphatic carbocycles. The van der Waals surface area contributed by atoms with Crippen LogP contribution in [0.25, 0.3) is 0 Å². The summed E-state index contributed by atoms with van der Waals surface area (Å²) in [6, 6.07) is 0.708. The second-order valence-corrected chi connectivity index (χ2v) is 5.58. The molecule has 1 heterocycles. The van der Waals surface area contributed by atoms with E-state index < -0.39 is 0 Å². The molecule has 1 aliphatic rings. The van der Waals surface area contributed by atoms with E-state index in [4.69, 9.17) is 4.74 Å². The van der Waals surface area contributed by atoms with Crippen LogP contribution in [0.15, 0.2) is 0 Å². The Balaban J connectivity index is 2.57. The monoisotopic (exact) mass is 255 g/mol. The van der Waals surface area contributed by atoms with E-state index in [1.165, 1.54) is 0 Å². The third-order valence-corrected chi connectivity index (χ3v) is 4.22. The Kier molecular flexibility index (Phi) is 6.69. The molecule has 0 N–H and O–H groups in total. The molecule has 3 heteroatoms. The van der Waals surface area contributed by atoms with Gasteiger partial charge in [-0.2, -0.15) is 0 Å². The Bertz CT molecular complexity index is 239. The van der Waals surface area contributed by atoms with Crippen molar-refractivity contribution < 1.29 is 9.53 Å². The maximum absolute atomic E-state index is 12.5. The first-order valence-corrected chi connectivity index (χ1v) is 7.49. The predicted octanol–water partition coefficient (Wildman–Crippen LogP) is 3.23. The van der Waals surface area contributed by atoms with E-state index in [0.29, 0.717) is 30.3 Å². The Hall–Kier alpha value is -0.570. The van der Waals surface area contributed by atoms with Crippen molar-refractivity contribution in [1.82, 2.24) is 4.90 Å². The molecule has 0 unspecified atom stereocenters. The quantitative estimate of drug-likeness (QED) is 0.729. The molecule has 0 radical (unpaired) electrons. The number of hydrogen-bond acceptors (Lipinski definition) is 2. The van der Waals surface area contributed by atoms with E-state index in [0.717, 1.165) is 38.9 Å². The summed E-state index contributed by atoms with van der Waals surface area (Å²) in [6.07, 6.45) is 4.85. The largest absolute Gasteiger partial charge is 0.381 e. The minimum Gasteiger partial charge on any atom is -0.381 e. The highest BCUT2D eigenvalue weighted by atomic mass is 16.5. The summed E-state index contributed by atoms with van der Waals surface area (Å²) in [7, 11) is 0. The molecule has 0 aromatic heterocycles. The van der Waals surface area contributed by atoms with Crippen LogP contribution in [0, 0.1) is 5.92 Å². The lowest BCUT2D eigenvalue weighted by Gasteiger charge is -2.35. The molecule has 3 nitrogen and oxygen atoms in total. The Morgan fingerprint density at radius 1 is 1.17 bits per heavy atom. The molecular formula is C15H29NO2. The zero-order chi connectivity index (χ0) is 13.5. The summed E-state index contributed by atoms with van der Waals surface area (Å²) in [5.41, 5.74) is 0. The molecule has 1 amide bonds. The fourth-order valence-electron chi connectivity index (χ4n) is 2.62. The number of carbonyl (C=O) groups is 1. The first kappa shape index (κ1) is 15.5. The topological polar surface area (TPSA) is 29.5 Å². The van der Waals surface area contributed by atoms with E-state index in [-0.39, 0.29) is 0 Å². The zero-order valence-corrected chi connectivity index (χ0v) is 12.4. The molecule has 1 aliphatic heterocycles. The van der Waals surface area contributed by atoms with Crippen LogP contribution in [0.2, 0.25) is 0 Å². The van der Waals surface area contributed by atoms with Gasteiger partial charge in [-0.15, -0.1) is 0 Å². The van der Waals surface area contributed by atoms with Gasteiger partial charge < -0.3 is 9.64 Å². The fraction of sp³-hybridized carbons (Fsp3) is 0.933. The molecular weight excluding hydrogens is 226 g/mol. The van der Waals surface area contributed by atoms with Gasteiger partial charge in [0, 0.05) is 31.7 Å². The number of nitrogens with zero attached hydrogens (tertiary/aromatic N) is 1. The molecule has 18 heavy (non-hydrogen) atoms. The standard InChI is InChI=1S/C15H29NO2/c1-5-12(3)16(13(4)6-2)15(17)11-14-7-9-18-10-8-14/h12-14H,5-11H2,1-4H3/t12-,13-/m0/s1. The van der Waals surface area contributed by atoms with Gasteiger partial charge in [0.05, 0.1) is 0 Å². The van der Waals surface area contributed by atoms with Crippen molar-refractivity contribution in [2.75, 3.05) is 13.2 Å². The molecule has 0 aromatic rings. The number of hydrogen-bond donors (Lipinski definition) is 0. The molecule has 1 saturated heterocycles. The minimum absolute atomic E-state index is 0.339. The SMILES string of the molecule is CC[C@H](C)N(C(=O)CC1CCOCC1)[C@@H](C)CC. The van der Waals surface area contributed by atoms with Gasteiger partial charge in [0.25, 0.3) is 0 Å². The average molecular weight is 255 g/mol. The fourth-order valence-corrected chi connectivity index (χ4v) is 2.62. The molecule has 0 bridgehead atoms. The highest BCUT2D eigenvalue weighted by Gasteiger charge is 2.26. The van der Waals surface area contributed by atoms with Crippen molar-refractivity contribution in [2.24, 2.45) is 5.92 Å². The lowest BCUT2D eigenvalue weighted by Crippen LogP contribution is -2.45. The normalized spacial score (nSPS) is 20.4. The van der Waals surface area contributed by atoms with Crippen LogP contribution in [0.4, 0.5) is 0 Å². The maximum atomic E-state index is 12.5. The van der Waals surface area contributed by atoms with Gasteiger partial charge in [0.2, 0.25) is 5.91 Å². The Morgan fingerprint density at radius 2 is 1.67 bits per heavy atom. The average Bonchev–Trinajstić information content (AvgIpc) is 2.39. The Labute approximate surface area is 112 Å². The minimum atomic E-state index is 0.339. The highest BCUT2D eigenvalue weighted by molar-refractivity contribution is 5.77. The van der Waals surface area contributed by atoms with Crippen LogP contribution in [0.5, 0.6) is 0 Å². The third-order valence-electron chi connectivity index (χ3n) is 4.22. The van der Waals surface area contributed by atoms with Crippen molar-refractivity contribution in [3.05, 3.63) is 0 Å². The van der Waals surface area contributed by atoms with Crippen LogP contribution in [0.1, 0.15) is 59.8 Å². The second kappa shape index (κ2) is 7.78. The van der Waals surface area contributed by atoms with E-state index in [1.807, 2.05) is 0 Å². The first-order chi connectivity index (χ1) is 8.60. The summed E-state index contributed by atoms with van der Waals surface area (Å²) >= 11 is 0. The van der Waals surface area contributed by atoms with Crippen LogP contribution in [-0.2, 0) is 9.53 Å². The van der Waals surface area contributed by atoms with Gasteiger partial charge in [-0.25, -0.2) is 0 Å². The van der Waals surface area contributed by atoms with Crippen LogP contribution in [0.3, 0.4) is 0 Å². The molecule has 1 fully saturated rings. The van der Waals surface area contributed by atoms with Gasteiger partial charge >= 0.3 is 0 Å². The number of rotatable bonds is 6. The molecule has 0 saturated carbocycles. The summed E-state index contributed by atoms with van der Waals surface area (Å²) < 4.78 is 5.35. The second-order valence-electron chi connectivity index (χ2n) is 5.58. The van der Waals surface area contributed by atoms with Gasteiger partial charge in [0.1, 0.15) is 0 Å². The summed E-state index contributed by atoms with van der Waals surface area (Å²) in [5, 5.41) is 0. The first-order valence-electron chi connectivity index (χ1n) is 7.49. The number of ether oxygens (including phenoxy) is 1. The lowest BCUT2D eigenvalue weighted by atomic mass is 9.95.